The molecule has 0 amide bonds. The molecule has 4 heteroatoms. The van der Waals surface area contributed by atoms with Crippen LogP contribution < -0.4 is 9.64 Å². The first kappa shape index (κ1) is 12.0. The van der Waals surface area contributed by atoms with Gasteiger partial charge in [0.15, 0.2) is 0 Å². The third kappa shape index (κ3) is 1.75. The average Bonchev–Trinajstić information content (AvgIpc) is 3.27. The summed E-state index contributed by atoms with van der Waals surface area (Å²) in [6, 6.07) is 8.02. The molecule has 2 fully saturated rings. The zero-order valence-corrected chi connectivity index (χ0v) is 11.5. The summed E-state index contributed by atoms with van der Waals surface area (Å²) in [5.74, 6) is 2.33. The number of nitrogens with zero attached hydrogens (tertiary/aromatic N) is 2. The Morgan fingerprint density at radius 2 is 2.10 bits per heavy atom. The van der Waals surface area contributed by atoms with Crippen LogP contribution in [-0.2, 0) is 0 Å². The number of β-amino-alcohol motifs (C(OH)–C–C–N with tert-alkyl or cyclic N) is 1. The summed E-state index contributed by atoms with van der Waals surface area (Å²) in [7, 11) is 1.68. The molecule has 1 aromatic carbocycles. The summed E-state index contributed by atoms with van der Waals surface area (Å²) in [6.07, 6.45) is 4.17. The summed E-state index contributed by atoms with van der Waals surface area (Å²) in [5, 5.41) is 12.7. The van der Waals surface area contributed by atoms with E-state index in [-0.39, 0.29) is 0 Å². The zero-order chi connectivity index (χ0) is 13.7. The van der Waals surface area contributed by atoms with Gasteiger partial charge in [0.2, 0.25) is 0 Å². The molecule has 1 aromatic heterocycles. The van der Waals surface area contributed by atoms with Crippen molar-refractivity contribution in [2.75, 3.05) is 25.1 Å². The molecule has 0 spiro atoms. The van der Waals surface area contributed by atoms with E-state index in [1.165, 1.54) is 12.8 Å². The predicted octanol–water partition coefficient (Wildman–Crippen LogP) is 2.20. The maximum atomic E-state index is 10.4. The van der Waals surface area contributed by atoms with Crippen molar-refractivity contribution in [3.8, 4) is 5.75 Å². The SMILES string of the molecule is COc1ccc2c(N3CC(O)(C4CC4)C3)nccc2c1. The smallest absolute Gasteiger partial charge is 0.136 e. The number of hydrogen-bond donors (Lipinski definition) is 1. The normalized spacial score (nSPS) is 20.8. The van der Waals surface area contributed by atoms with Crippen LogP contribution in [0.1, 0.15) is 12.8 Å². The number of fused-ring (bicyclic) bond motifs is 1. The molecule has 0 unspecified atom stereocenters. The maximum absolute atomic E-state index is 10.4. The quantitative estimate of drug-likeness (QED) is 0.928. The molecule has 1 aliphatic carbocycles. The second-order valence-electron chi connectivity index (χ2n) is 5.96. The van der Waals surface area contributed by atoms with Gasteiger partial charge in [0.05, 0.1) is 20.2 Å². The van der Waals surface area contributed by atoms with Crippen molar-refractivity contribution in [1.82, 2.24) is 4.98 Å². The van der Waals surface area contributed by atoms with Gasteiger partial charge >= 0.3 is 0 Å². The molecule has 104 valence electrons. The number of benzene rings is 1. The second-order valence-corrected chi connectivity index (χ2v) is 5.96. The van der Waals surface area contributed by atoms with E-state index in [9.17, 15) is 5.11 Å². The predicted molar refractivity (Wildman–Crippen MR) is 78.2 cm³/mol. The lowest BCUT2D eigenvalue weighted by atomic mass is 9.88. The first-order valence-electron chi connectivity index (χ1n) is 7.10. The number of ether oxygens (including phenoxy) is 1. The standard InChI is InChI=1S/C16H18N2O2/c1-20-13-4-5-14-11(8-13)6-7-17-15(14)18-9-16(19,10-18)12-2-3-12/h4-8,12,19H,2-3,9-10H2,1H3. The summed E-state index contributed by atoms with van der Waals surface area (Å²) >= 11 is 0. The first-order valence-corrected chi connectivity index (χ1v) is 7.10. The molecule has 1 saturated carbocycles. The van der Waals surface area contributed by atoms with Gasteiger partial charge in [0, 0.05) is 11.6 Å². The van der Waals surface area contributed by atoms with Crippen molar-refractivity contribution >= 4 is 16.6 Å². The minimum Gasteiger partial charge on any atom is -0.497 e. The highest BCUT2D eigenvalue weighted by Crippen LogP contribution is 2.46. The Balaban J connectivity index is 1.67. The molecule has 4 nitrogen and oxygen atoms in total. The number of pyridine rings is 1. The third-order valence-corrected chi connectivity index (χ3v) is 4.52. The topological polar surface area (TPSA) is 45.6 Å². The van der Waals surface area contributed by atoms with Gasteiger partial charge in [-0.15, -0.1) is 0 Å². The Morgan fingerprint density at radius 1 is 1.30 bits per heavy atom. The molecule has 0 radical (unpaired) electrons. The van der Waals surface area contributed by atoms with Crippen LogP contribution in [0.2, 0.25) is 0 Å². The van der Waals surface area contributed by atoms with Gasteiger partial charge in [-0.25, -0.2) is 4.98 Å². The van der Waals surface area contributed by atoms with Crippen molar-refractivity contribution in [2.24, 2.45) is 5.92 Å². The molecule has 2 heterocycles. The van der Waals surface area contributed by atoms with Crippen molar-refractivity contribution < 1.29 is 9.84 Å². The Bertz CT molecular complexity index is 661. The van der Waals surface area contributed by atoms with Crippen LogP contribution in [0.3, 0.4) is 0 Å². The van der Waals surface area contributed by atoms with Crippen LogP contribution in [0, 0.1) is 5.92 Å². The number of aromatic nitrogens is 1. The van der Waals surface area contributed by atoms with E-state index in [1.54, 1.807) is 7.11 Å². The number of rotatable bonds is 3. The fraction of sp³-hybridized carbons (Fsp3) is 0.438. The van der Waals surface area contributed by atoms with Gasteiger partial charge in [0.1, 0.15) is 17.2 Å². The lowest BCUT2D eigenvalue weighted by Gasteiger charge is -2.48. The molecule has 1 saturated heterocycles. The first-order chi connectivity index (χ1) is 9.69. The van der Waals surface area contributed by atoms with Crippen LogP contribution in [0.15, 0.2) is 30.5 Å². The molecule has 0 bridgehead atoms. The number of aliphatic hydroxyl groups is 1. The highest BCUT2D eigenvalue weighted by atomic mass is 16.5. The van der Waals surface area contributed by atoms with E-state index >= 15 is 0 Å². The molecule has 1 N–H and O–H groups in total. The van der Waals surface area contributed by atoms with Gasteiger partial charge < -0.3 is 14.7 Å². The highest BCUT2D eigenvalue weighted by Gasteiger charge is 2.52. The molecule has 0 atom stereocenters. The van der Waals surface area contributed by atoms with Crippen LogP contribution in [-0.4, -0.2) is 35.9 Å². The van der Waals surface area contributed by atoms with E-state index in [0.717, 1.165) is 22.3 Å². The van der Waals surface area contributed by atoms with Gasteiger partial charge in [-0.3, -0.25) is 0 Å². The molecular formula is C16H18N2O2. The number of anilines is 1. The van der Waals surface area contributed by atoms with Gasteiger partial charge in [-0.05, 0) is 48.4 Å². The third-order valence-electron chi connectivity index (χ3n) is 4.52. The van der Waals surface area contributed by atoms with E-state index < -0.39 is 5.60 Å². The molecule has 4 rings (SSSR count). The highest BCUT2D eigenvalue weighted by molar-refractivity contribution is 5.93. The number of hydrogen-bond acceptors (Lipinski definition) is 4. The van der Waals surface area contributed by atoms with Crippen molar-refractivity contribution in [3.63, 3.8) is 0 Å². The Hall–Kier alpha value is -1.81. The van der Waals surface area contributed by atoms with Gasteiger partial charge in [-0.2, -0.15) is 0 Å². The zero-order valence-electron chi connectivity index (χ0n) is 11.5. The summed E-state index contributed by atoms with van der Waals surface area (Å²) < 4.78 is 5.26. The fourth-order valence-electron chi connectivity index (χ4n) is 3.16. The molecule has 2 aromatic rings. The average molecular weight is 270 g/mol. The van der Waals surface area contributed by atoms with Crippen molar-refractivity contribution in [1.29, 1.82) is 0 Å². The Labute approximate surface area is 118 Å². The lowest BCUT2D eigenvalue weighted by Crippen LogP contribution is -2.63. The van der Waals surface area contributed by atoms with Crippen LogP contribution >= 0.6 is 0 Å². The van der Waals surface area contributed by atoms with E-state index in [1.807, 2.05) is 30.5 Å². The largest absolute Gasteiger partial charge is 0.497 e. The van der Waals surface area contributed by atoms with Crippen LogP contribution in [0.5, 0.6) is 5.75 Å². The minimum absolute atomic E-state index is 0.476. The Morgan fingerprint density at radius 3 is 2.80 bits per heavy atom. The van der Waals surface area contributed by atoms with E-state index in [2.05, 4.69) is 9.88 Å². The van der Waals surface area contributed by atoms with E-state index in [4.69, 9.17) is 4.74 Å². The lowest BCUT2D eigenvalue weighted by molar-refractivity contribution is -0.00957. The van der Waals surface area contributed by atoms with Gasteiger partial charge in [-0.1, -0.05) is 0 Å². The van der Waals surface area contributed by atoms with Crippen LogP contribution in [0.4, 0.5) is 5.82 Å². The minimum atomic E-state index is -0.476. The van der Waals surface area contributed by atoms with E-state index in [0.29, 0.717) is 19.0 Å². The summed E-state index contributed by atoms with van der Waals surface area (Å²) in [5.41, 5.74) is -0.476. The summed E-state index contributed by atoms with van der Waals surface area (Å²) in [6.45, 7) is 1.41. The fourth-order valence-corrected chi connectivity index (χ4v) is 3.16. The van der Waals surface area contributed by atoms with Crippen LogP contribution in [0.25, 0.3) is 10.8 Å². The maximum Gasteiger partial charge on any atom is 0.136 e. The Kier molecular flexibility index (Phi) is 2.45. The molecule has 20 heavy (non-hydrogen) atoms. The monoisotopic (exact) mass is 270 g/mol. The second kappa shape index (κ2) is 4.09. The van der Waals surface area contributed by atoms with Crippen molar-refractivity contribution in [3.05, 3.63) is 30.5 Å². The molecule has 2 aliphatic rings. The summed E-state index contributed by atoms with van der Waals surface area (Å²) in [4.78, 5) is 6.68. The van der Waals surface area contributed by atoms with Gasteiger partial charge in [0.25, 0.3) is 0 Å². The molecular weight excluding hydrogens is 252 g/mol. The van der Waals surface area contributed by atoms with Crippen molar-refractivity contribution in [2.45, 2.75) is 18.4 Å². The molecule has 1 aliphatic heterocycles. The number of methoxy groups -OCH3 is 1.